The fourth-order valence-corrected chi connectivity index (χ4v) is 2.14. The Morgan fingerprint density at radius 3 is 3.06 bits per heavy atom. The van der Waals surface area contributed by atoms with Crippen LogP contribution < -0.4 is 10.1 Å². The van der Waals surface area contributed by atoms with Crippen molar-refractivity contribution in [3.05, 3.63) is 36.4 Å². The van der Waals surface area contributed by atoms with Crippen LogP contribution in [0.1, 0.15) is 31.8 Å². The molecule has 0 radical (unpaired) electrons. The van der Waals surface area contributed by atoms with Crippen LogP contribution in [0, 0.1) is 0 Å². The smallest absolute Gasteiger partial charge is 0.176 e. The molecule has 0 fully saturated rings. The van der Waals surface area contributed by atoms with E-state index in [9.17, 15) is 0 Å². The highest BCUT2D eigenvalue weighted by Gasteiger charge is 2.25. The molecule has 1 aromatic carbocycles. The molecule has 5 heteroatoms. The quantitative estimate of drug-likeness (QED) is 0.881. The van der Waals surface area contributed by atoms with E-state index in [1.807, 2.05) is 28.8 Å². The minimum atomic E-state index is -0.0928. The van der Waals surface area contributed by atoms with Gasteiger partial charge in [0.2, 0.25) is 0 Å². The van der Waals surface area contributed by atoms with Gasteiger partial charge in [0.1, 0.15) is 12.1 Å². The van der Waals surface area contributed by atoms with Gasteiger partial charge in [-0.2, -0.15) is 0 Å². The van der Waals surface area contributed by atoms with Gasteiger partial charge < -0.3 is 14.6 Å². The van der Waals surface area contributed by atoms with Gasteiger partial charge in [-0.05, 0) is 26.0 Å². The molecule has 0 spiro atoms. The number of fused-ring (bicyclic) bond motifs is 1. The Balaban J connectivity index is 1.90. The summed E-state index contributed by atoms with van der Waals surface area (Å²) < 4.78 is 8.02. The van der Waals surface area contributed by atoms with Gasteiger partial charge in [-0.25, -0.2) is 0 Å². The molecule has 0 aliphatic carbocycles. The van der Waals surface area contributed by atoms with Crippen LogP contribution in [0.4, 0.5) is 5.69 Å². The zero-order chi connectivity index (χ0) is 12.5. The molecule has 0 saturated heterocycles. The number of ether oxygens (including phenoxy) is 1. The highest BCUT2D eigenvalue weighted by Crippen LogP contribution is 2.33. The van der Waals surface area contributed by atoms with Gasteiger partial charge in [-0.15, -0.1) is 10.2 Å². The SMILES string of the molecule is CC(C)n1cnnc1C1CNc2ccccc2O1. The molecule has 1 N–H and O–H groups in total. The number of nitrogens with zero attached hydrogens (tertiary/aromatic N) is 3. The number of nitrogens with one attached hydrogen (secondary N) is 1. The molecule has 18 heavy (non-hydrogen) atoms. The number of hydrogen-bond donors (Lipinski definition) is 1. The van der Waals surface area contributed by atoms with Crippen LogP contribution >= 0.6 is 0 Å². The molecule has 1 aliphatic heterocycles. The summed E-state index contributed by atoms with van der Waals surface area (Å²) in [7, 11) is 0. The molecule has 0 saturated carbocycles. The number of aromatic nitrogens is 3. The van der Waals surface area contributed by atoms with Gasteiger partial charge in [-0.1, -0.05) is 12.1 Å². The summed E-state index contributed by atoms with van der Waals surface area (Å²) in [5, 5.41) is 11.5. The van der Waals surface area contributed by atoms with Gasteiger partial charge in [0, 0.05) is 6.04 Å². The predicted octanol–water partition coefficient (Wildman–Crippen LogP) is 2.40. The van der Waals surface area contributed by atoms with Crippen molar-refractivity contribution >= 4 is 5.69 Å². The molecule has 1 unspecified atom stereocenters. The van der Waals surface area contributed by atoms with Crippen LogP contribution in [-0.2, 0) is 0 Å². The maximum absolute atomic E-state index is 5.98. The van der Waals surface area contributed by atoms with Crippen molar-refractivity contribution in [3.8, 4) is 5.75 Å². The summed E-state index contributed by atoms with van der Waals surface area (Å²) in [6.45, 7) is 4.93. The van der Waals surface area contributed by atoms with E-state index in [1.165, 1.54) is 0 Å². The monoisotopic (exact) mass is 244 g/mol. The minimum Gasteiger partial charge on any atom is -0.478 e. The highest BCUT2D eigenvalue weighted by molar-refractivity contribution is 5.57. The molecule has 0 bridgehead atoms. The number of rotatable bonds is 2. The van der Waals surface area contributed by atoms with Crippen molar-refractivity contribution in [2.75, 3.05) is 11.9 Å². The normalized spacial score (nSPS) is 18.1. The Morgan fingerprint density at radius 1 is 1.39 bits per heavy atom. The molecule has 1 atom stereocenters. The predicted molar refractivity (Wildman–Crippen MR) is 68.7 cm³/mol. The van der Waals surface area contributed by atoms with Gasteiger partial charge in [0.15, 0.2) is 11.9 Å². The van der Waals surface area contributed by atoms with Crippen molar-refractivity contribution in [2.45, 2.75) is 26.0 Å². The number of hydrogen-bond acceptors (Lipinski definition) is 4. The second-order valence-electron chi connectivity index (χ2n) is 4.67. The van der Waals surface area contributed by atoms with E-state index >= 15 is 0 Å². The Bertz CT molecular complexity index is 549. The fourth-order valence-electron chi connectivity index (χ4n) is 2.14. The van der Waals surface area contributed by atoms with Crippen molar-refractivity contribution in [2.24, 2.45) is 0 Å². The summed E-state index contributed by atoms with van der Waals surface area (Å²) in [4.78, 5) is 0. The third-order valence-corrected chi connectivity index (χ3v) is 3.08. The zero-order valence-corrected chi connectivity index (χ0v) is 10.5. The molecular weight excluding hydrogens is 228 g/mol. The topological polar surface area (TPSA) is 52.0 Å². The van der Waals surface area contributed by atoms with Crippen LogP contribution in [0.2, 0.25) is 0 Å². The van der Waals surface area contributed by atoms with Crippen LogP contribution in [0.3, 0.4) is 0 Å². The van der Waals surface area contributed by atoms with E-state index in [0.29, 0.717) is 12.6 Å². The summed E-state index contributed by atoms with van der Waals surface area (Å²) in [6, 6.07) is 8.27. The second-order valence-corrected chi connectivity index (χ2v) is 4.67. The molecule has 2 aromatic rings. The summed E-state index contributed by atoms with van der Waals surface area (Å²) in [5.74, 6) is 1.74. The number of benzene rings is 1. The fraction of sp³-hybridized carbons (Fsp3) is 0.385. The van der Waals surface area contributed by atoms with E-state index in [-0.39, 0.29) is 6.10 Å². The Kier molecular flexibility index (Phi) is 2.66. The molecule has 1 aromatic heterocycles. The van der Waals surface area contributed by atoms with Crippen molar-refractivity contribution < 1.29 is 4.74 Å². The maximum atomic E-state index is 5.98. The minimum absolute atomic E-state index is 0.0928. The summed E-state index contributed by atoms with van der Waals surface area (Å²) in [5.41, 5.74) is 1.03. The average molecular weight is 244 g/mol. The Labute approximate surface area is 106 Å². The van der Waals surface area contributed by atoms with E-state index in [1.54, 1.807) is 6.33 Å². The standard InChI is InChI=1S/C13H16N4O/c1-9(2)17-8-15-16-13(17)12-7-14-10-5-3-4-6-11(10)18-12/h3-6,8-9,12,14H,7H2,1-2H3. The van der Waals surface area contributed by atoms with Gasteiger partial charge in [0.25, 0.3) is 0 Å². The van der Waals surface area contributed by atoms with Crippen molar-refractivity contribution in [3.63, 3.8) is 0 Å². The summed E-state index contributed by atoms with van der Waals surface area (Å²) in [6.07, 6.45) is 1.66. The number of anilines is 1. The first-order valence-corrected chi connectivity index (χ1v) is 6.14. The molecule has 0 amide bonds. The molecular formula is C13H16N4O. The van der Waals surface area contributed by atoms with Crippen molar-refractivity contribution in [1.29, 1.82) is 0 Å². The largest absolute Gasteiger partial charge is 0.478 e. The van der Waals surface area contributed by atoms with Crippen molar-refractivity contribution in [1.82, 2.24) is 14.8 Å². The van der Waals surface area contributed by atoms with Crippen LogP contribution in [0.5, 0.6) is 5.75 Å². The molecule has 2 heterocycles. The lowest BCUT2D eigenvalue weighted by Gasteiger charge is -2.27. The molecule has 94 valence electrons. The lowest BCUT2D eigenvalue weighted by Crippen LogP contribution is -2.26. The van der Waals surface area contributed by atoms with Crippen LogP contribution in [0.15, 0.2) is 30.6 Å². The van der Waals surface area contributed by atoms with Gasteiger partial charge in [-0.3, -0.25) is 0 Å². The van der Waals surface area contributed by atoms with Gasteiger partial charge >= 0.3 is 0 Å². The lowest BCUT2D eigenvalue weighted by molar-refractivity contribution is 0.193. The van der Waals surface area contributed by atoms with E-state index in [4.69, 9.17) is 4.74 Å². The second kappa shape index (κ2) is 4.33. The first kappa shape index (κ1) is 11.1. The van der Waals surface area contributed by atoms with E-state index in [0.717, 1.165) is 17.3 Å². The van der Waals surface area contributed by atoms with Crippen LogP contribution in [0.25, 0.3) is 0 Å². The Hall–Kier alpha value is -2.04. The summed E-state index contributed by atoms with van der Waals surface area (Å²) >= 11 is 0. The maximum Gasteiger partial charge on any atom is 0.176 e. The first-order chi connectivity index (χ1) is 8.75. The third-order valence-electron chi connectivity index (χ3n) is 3.08. The third kappa shape index (κ3) is 1.81. The molecule has 3 rings (SSSR count). The van der Waals surface area contributed by atoms with E-state index < -0.39 is 0 Å². The molecule has 5 nitrogen and oxygen atoms in total. The van der Waals surface area contributed by atoms with Gasteiger partial charge in [0.05, 0.1) is 12.2 Å². The number of para-hydroxylation sites is 2. The highest BCUT2D eigenvalue weighted by atomic mass is 16.5. The van der Waals surface area contributed by atoms with Crippen LogP contribution in [-0.4, -0.2) is 21.3 Å². The zero-order valence-electron chi connectivity index (χ0n) is 10.5. The average Bonchev–Trinajstić information content (AvgIpc) is 2.87. The molecule has 1 aliphatic rings. The first-order valence-electron chi connectivity index (χ1n) is 6.14. The lowest BCUT2D eigenvalue weighted by atomic mass is 10.2. The Morgan fingerprint density at radius 2 is 2.22 bits per heavy atom. The van der Waals surface area contributed by atoms with E-state index in [2.05, 4.69) is 29.4 Å².